The lowest BCUT2D eigenvalue weighted by molar-refractivity contribution is 0.0938. The number of nitrogens with one attached hydrogen (secondary N) is 1. The maximum absolute atomic E-state index is 12.3. The second kappa shape index (κ2) is 8.11. The summed E-state index contributed by atoms with van der Waals surface area (Å²) in [6.07, 6.45) is 3.50. The third kappa shape index (κ3) is 4.52. The number of carbonyl (C=O) groups excluding carboxylic acids is 1. The molecule has 112 valence electrons. The molecule has 0 bridgehead atoms. The van der Waals surface area contributed by atoms with Gasteiger partial charge >= 0.3 is 0 Å². The Hall–Kier alpha value is -1.44. The van der Waals surface area contributed by atoms with Crippen molar-refractivity contribution in [2.75, 3.05) is 12.3 Å². The Kier molecular flexibility index (Phi) is 6.16. The monoisotopic (exact) mass is 302 g/mol. The topological polar surface area (TPSA) is 55.1 Å². The molecular formula is C17H22N2OS. The molecule has 2 atom stereocenters. The third-order valence-electron chi connectivity index (χ3n) is 3.63. The molecule has 0 aromatic heterocycles. The van der Waals surface area contributed by atoms with Crippen LogP contribution in [-0.4, -0.2) is 29.5 Å². The molecule has 1 aliphatic carbocycles. The summed E-state index contributed by atoms with van der Waals surface area (Å²) in [5.41, 5.74) is 6.92. The molecule has 3 nitrogen and oxygen atoms in total. The molecule has 0 radical (unpaired) electrons. The molecule has 0 heterocycles. The van der Waals surface area contributed by atoms with Crippen LogP contribution in [0.15, 0.2) is 24.3 Å². The van der Waals surface area contributed by atoms with Crippen molar-refractivity contribution in [2.45, 2.75) is 37.5 Å². The standard InChI is InChI=1S/C17H22N2OS/c1-2-21-16-7-3-6-15(16)19-17(20)14-10-8-13(9-11-14)5-4-12-18/h8-11,15-16H,2-3,6-7,12,18H2,1H3,(H,19,20). The van der Waals surface area contributed by atoms with Crippen molar-refractivity contribution in [2.24, 2.45) is 5.73 Å². The predicted octanol–water partition coefficient (Wildman–Crippen LogP) is 2.40. The van der Waals surface area contributed by atoms with Gasteiger partial charge in [0.15, 0.2) is 0 Å². The summed E-state index contributed by atoms with van der Waals surface area (Å²) in [7, 11) is 0. The minimum Gasteiger partial charge on any atom is -0.348 e. The minimum atomic E-state index is 0.0157. The van der Waals surface area contributed by atoms with Crippen molar-refractivity contribution < 1.29 is 4.79 Å². The number of amides is 1. The van der Waals surface area contributed by atoms with Crippen molar-refractivity contribution in [3.8, 4) is 11.8 Å². The summed E-state index contributed by atoms with van der Waals surface area (Å²) in [6, 6.07) is 7.69. The fourth-order valence-electron chi connectivity index (χ4n) is 2.61. The third-order valence-corrected chi connectivity index (χ3v) is 4.96. The Morgan fingerprint density at radius 1 is 1.38 bits per heavy atom. The highest BCUT2D eigenvalue weighted by Crippen LogP contribution is 2.30. The summed E-state index contributed by atoms with van der Waals surface area (Å²) in [6.45, 7) is 2.52. The Labute approximate surface area is 131 Å². The van der Waals surface area contributed by atoms with E-state index in [1.807, 2.05) is 36.0 Å². The molecule has 0 aliphatic heterocycles. The Morgan fingerprint density at radius 2 is 2.14 bits per heavy atom. The van der Waals surface area contributed by atoms with Gasteiger partial charge in [-0.2, -0.15) is 11.8 Å². The zero-order chi connectivity index (χ0) is 15.1. The zero-order valence-electron chi connectivity index (χ0n) is 12.4. The highest BCUT2D eigenvalue weighted by Gasteiger charge is 2.28. The van der Waals surface area contributed by atoms with Crippen LogP contribution >= 0.6 is 11.8 Å². The SMILES string of the molecule is CCSC1CCCC1NC(=O)c1ccc(C#CCN)cc1. The lowest BCUT2D eigenvalue weighted by atomic mass is 10.1. The summed E-state index contributed by atoms with van der Waals surface area (Å²) in [4.78, 5) is 12.3. The lowest BCUT2D eigenvalue weighted by Gasteiger charge is -2.20. The van der Waals surface area contributed by atoms with Crippen LogP contribution in [0, 0.1) is 11.8 Å². The largest absolute Gasteiger partial charge is 0.348 e. The molecule has 0 saturated heterocycles. The summed E-state index contributed by atoms with van der Waals surface area (Å²) in [5.74, 6) is 6.88. The van der Waals surface area contributed by atoms with Crippen molar-refractivity contribution in [3.63, 3.8) is 0 Å². The first-order valence-corrected chi connectivity index (χ1v) is 8.51. The number of nitrogens with two attached hydrogens (primary N) is 1. The van der Waals surface area contributed by atoms with E-state index in [1.165, 1.54) is 12.8 Å². The van der Waals surface area contributed by atoms with Crippen LogP contribution < -0.4 is 11.1 Å². The number of thioether (sulfide) groups is 1. The van der Waals surface area contributed by atoms with Crippen molar-refractivity contribution in [1.82, 2.24) is 5.32 Å². The lowest BCUT2D eigenvalue weighted by Crippen LogP contribution is -2.38. The first kappa shape index (κ1) is 15.9. The molecule has 1 aromatic carbocycles. The highest BCUT2D eigenvalue weighted by atomic mass is 32.2. The van der Waals surface area contributed by atoms with Crippen LogP contribution in [0.1, 0.15) is 42.1 Å². The maximum atomic E-state index is 12.3. The van der Waals surface area contributed by atoms with Gasteiger partial charge in [-0.3, -0.25) is 4.79 Å². The van der Waals surface area contributed by atoms with Gasteiger partial charge < -0.3 is 11.1 Å². The van der Waals surface area contributed by atoms with E-state index in [0.29, 0.717) is 23.4 Å². The van der Waals surface area contributed by atoms with Crippen molar-refractivity contribution in [1.29, 1.82) is 0 Å². The van der Waals surface area contributed by atoms with E-state index in [0.717, 1.165) is 17.7 Å². The van der Waals surface area contributed by atoms with Gasteiger partial charge in [0, 0.05) is 22.4 Å². The van der Waals surface area contributed by atoms with Gasteiger partial charge in [0.1, 0.15) is 0 Å². The van der Waals surface area contributed by atoms with Gasteiger partial charge in [-0.05, 0) is 42.9 Å². The number of benzene rings is 1. The molecule has 3 N–H and O–H groups in total. The van der Waals surface area contributed by atoms with Gasteiger partial charge in [-0.25, -0.2) is 0 Å². The molecule has 1 amide bonds. The molecule has 1 saturated carbocycles. The molecule has 4 heteroatoms. The number of hydrogen-bond acceptors (Lipinski definition) is 3. The molecular weight excluding hydrogens is 280 g/mol. The number of carbonyl (C=O) groups is 1. The first-order valence-electron chi connectivity index (χ1n) is 7.46. The van der Waals surface area contributed by atoms with Gasteiger partial charge in [0.05, 0.1) is 6.54 Å². The Morgan fingerprint density at radius 3 is 2.81 bits per heavy atom. The van der Waals surface area contributed by atoms with Crippen LogP contribution in [0.4, 0.5) is 0 Å². The molecule has 2 rings (SSSR count). The smallest absolute Gasteiger partial charge is 0.251 e. The number of rotatable bonds is 4. The van der Waals surface area contributed by atoms with Gasteiger partial charge in [-0.1, -0.05) is 25.2 Å². The highest BCUT2D eigenvalue weighted by molar-refractivity contribution is 7.99. The average molecular weight is 302 g/mol. The molecule has 21 heavy (non-hydrogen) atoms. The second-order valence-electron chi connectivity index (χ2n) is 5.09. The summed E-state index contributed by atoms with van der Waals surface area (Å²) in [5, 5.41) is 3.74. The van der Waals surface area contributed by atoms with Crippen LogP contribution in [0.25, 0.3) is 0 Å². The second-order valence-corrected chi connectivity index (χ2v) is 6.60. The van der Waals surface area contributed by atoms with Crippen molar-refractivity contribution in [3.05, 3.63) is 35.4 Å². The molecule has 2 unspecified atom stereocenters. The molecule has 0 spiro atoms. The van der Waals surface area contributed by atoms with Gasteiger partial charge in [0.2, 0.25) is 0 Å². The van der Waals surface area contributed by atoms with Crippen molar-refractivity contribution >= 4 is 17.7 Å². The molecule has 1 fully saturated rings. The van der Waals surface area contributed by atoms with E-state index in [4.69, 9.17) is 5.73 Å². The molecule has 1 aliphatic rings. The fraction of sp³-hybridized carbons (Fsp3) is 0.471. The Balaban J connectivity index is 1.96. The molecule has 1 aromatic rings. The van der Waals surface area contributed by atoms with E-state index < -0.39 is 0 Å². The van der Waals surface area contributed by atoms with Crippen LogP contribution in [-0.2, 0) is 0 Å². The maximum Gasteiger partial charge on any atom is 0.251 e. The van der Waals surface area contributed by atoms with E-state index >= 15 is 0 Å². The van der Waals surface area contributed by atoms with E-state index in [-0.39, 0.29) is 5.91 Å². The van der Waals surface area contributed by atoms with Crippen LogP contribution in [0.5, 0.6) is 0 Å². The van der Waals surface area contributed by atoms with E-state index in [9.17, 15) is 4.79 Å². The van der Waals surface area contributed by atoms with Gasteiger partial charge in [0.25, 0.3) is 5.91 Å². The number of hydrogen-bond donors (Lipinski definition) is 2. The summed E-state index contributed by atoms with van der Waals surface area (Å²) < 4.78 is 0. The fourth-order valence-corrected chi connectivity index (χ4v) is 3.81. The zero-order valence-corrected chi connectivity index (χ0v) is 13.2. The average Bonchev–Trinajstić information content (AvgIpc) is 2.93. The van der Waals surface area contributed by atoms with E-state index in [2.05, 4.69) is 24.1 Å². The minimum absolute atomic E-state index is 0.0157. The van der Waals surface area contributed by atoms with Crippen LogP contribution in [0.3, 0.4) is 0 Å². The quantitative estimate of drug-likeness (QED) is 0.840. The predicted molar refractivity (Wildman–Crippen MR) is 89.4 cm³/mol. The van der Waals surface area contributed by atoms with E-state index in [1.54, 1.807) is 0 Å². The Bertz CT molecular complexity index is 530. The normalized spacial score (nSPS) is 20.7. The summed E-state index contributed by atoms with van der Waals surface area (Å²) >= 11 is 1.95. The van der Waals surface area contributed by atoms with Gasteiger partial charge in [-0.15, -0.1) is 0 Å². The first-order chi connectivity index (χ1) is 10.2. The van der Waals surface area contributed by atoms with Crippen LogP contribution in [0.2, 0.25) is 0 Å².